The first-order valence-electron chi connectivity index (χ1n) is 4.45. The van der Waals surface area contributed by atoms with Crippen molar-refractivity contribution in [2.45, 2.75) is 0 Å². The molecule has 0 aliphatic carbocycles. The monoisotopic (exact) mass is 309 g/mol. The second kappa shape index (κ2) is 4.99. The Hall–Kier alpha value is -0.540. The van der Waals surface area contributed by atoms with Crippen molar-refractivity contribution < 1.29 is 4.39 Å². The second-order valence-corrected chi connectivity index (χ2v) is 4.87. The first-order valence-corrected chi connectivity index (χ1v) is 5.96. The molecule has 6 heteroatoms. The van der Waals surface area contributed by atoms with Gasteiger partial charge in [-0.15, -0.1) is 0 Å². The molecule has 0 aliphatic heterocycles. The maximum Gasteiger partial charge on any atom is 0.231 e. The third-order valence-electron chi connectivity index (χ3n) is 2.10. The predicted molar refractivity (Wildman–Crippen MR) is 69.7 cm³/mol. The van der Waals surface area contributed by atoms with Crippen LogP contribution in [0.4, 0.5) is 4.39 Å². The minimum absolute atomic E-state index is 0.0883. The van der Waals surface area contributed by atoms with Crippen LogP contribution in [0.1, 0.15) is 0 Å². The molecule has 1 heterocycles. The summed E-state index contributed by atoms with van der Waals surface area (Å²) in [7, 11) is 0. The Morgan fingerprint density at radius 1 is 0.941 bits per heavy atom. The van der Waals surface area contributed by atoms with Gasteiger partial charge in [0.25, 0.3) is 0 Å². The maximum atomic E-state index is 12.9. The Morgan fingerprint density at radius 2 is 1.65 bits per heavy atom. The fraction of sp³-hybridized carbons (Fsp3) is 0. The molecule has 1 nitrogen and oxygen atoms in total. The van der Waals surface area contributed by atoms with Gasteiger partial charge in [-0.1, -0.05) is 46.4 Å². The van der Waals surface area contributed by atoms with Gasteiger partial charge in [0.2, 0.25) is 5.95 Å². The summed E-state index contributed by atoms with van der Waals surface area (Å²) in [6.07, 6.45) is 1.31. The third-order valence-corrected chi connectivity index (χ3v) is 3.39. The molecule has 17 heavy (non-hydrogen) atoms. The van der Waals surface area contributed by atoms with Crippen molar-refractivity contribution in [1.29, 1.82) is 0 Å². The third kappa shape index (κ3) is 2.66. The van der Waals surface area contributed by atoms with Crippen molar-refractivity contribution in [2.75, 3.05) is 0 Å². The van der Waals surface area contributed by atoms with Crippen LogP contribution in [0, 0.1) is 5.95 Å². The van der Waals surface area contributed by atoms with Crippen molar-refractivity contribution >= 4 is 46.4 Å². The molecule has 1 aromatic heterocycles. The lowest BCUT2D eigenvalue weighted by Crippen LogP contribution is -1.87. The highest BCUT2D eigenvalue weighted by molar-refractivity contribution is 6.45. The molecule has 0 amide bonds. The average molecular weight is 311 g/mol. The Kier molecular flexibility index (Phi) is 3.79. The SMILES string of the molecule is Fc1ncc(-c2cc(Cl)cc(Cl)c2Cl)cc1Cl. The van der Waals surface area contributed by atoms with E-state index in [1.54, 1.807) is 6.07 Å². The van der Waals surface area contributed by atoms with E-state index < -0.39 is 5.95 Å². The van der Waals surface area contributed by atoms with Gasteiger partial charge in [-0.05, 0) is 18.2 Å². The topological polar surface area (TPSA) is 12.9 Å². The normalized spacial score (nSPS) is 10.6. The first kappa shape index (κ1) is 12.9. The quantitative estimate of drug-likeness (QED) is 0.500. The van der Waals surface area contributed by atoms with E-state index >= 15 is 0 Å². The van der Waals surface area contributed by atoms with Gasteiger partial charge < -0.3 is 0 Å². The molecule has 0 radical (unpaired) electrons. The van der Waals surface area contributed by atoms with E-state index in [1.807, 2.05) is 0 Å². The lowest BCUT2D eigenvalue weighted by molar-refractivity contribution is 0.584. The van der Waals surface area contributed by atoms with E-state index in [2.05, 4.69) is 4.98 Å². The Morgan fingerprint density at radius 3 is 2.29 bits per heavy atom. The lowest BCUT2D eigenvalue weighted by atomic mass is 10.1. The summed E-state index contributed by atoms with van der Waals surface area (Å²) in [6, 6.07) is 4.55. The van der Waals surface area contributed by atoms with E-state index in [-0.39, 0.29) is 5.02 Å². The van der Waals surface area contributed by atoms with Crippen LogP contribution in [0.25, 0.3) is 11.1 Å². The molecule has 2 rings (SSSR count). The molecule has 0 N–H and O–H groups in total. The van der Waals surface area contributed by atoms with Crippen LogP contribution in [0.3, 0.4) is 0 Å². The number of aromatic nitrogens is 1. The summed E-state index contributed by atoms with van der Waals surface area (Å²) in [4.78, 5) is 3.51. The van der Waals surface area contributed by atoms with E-state index in [9.17, 15) is 4.39 Å². The second-order valence-electron chi connectivity index (χ2n) is 3.25. The van der Waals surface area contributed by atoms with Crippen LogP contribution in [0.2, 0.25) is 20.1 Å². The molecule has 0 saturated carbocycles. The minimum atomic E-state index is -0.736. The van der Waals surface area contributed by atoms with Crippen LogP contribution < -0.4 is 0 Å². The molecule has 0 spiro atoms. The lowest BCUT2D eigenvalue weighted by Gasteiger charge is -2.07. The Labute approximate surface area is 117 Å². The Bertz CT molecular complexity index is 586. The fourth-order valence-electron chi connectivity index (χ4n) is 1.33. The summed E-state index contributed by atoms with van der Waals surface area (Å²) in [5.41, 5.74) is 1.10. The summed E-state index contributed by atoms with van der Waals surface area (Å²) >= 11 is 23.5. The molecule has 0 aliphatic rings. The number of rotatable bonds is 1. The number of benzene rings is 1. The van der Waals surface area contributed by atoms with Crippen molar-refractivity contribution in [3.05, 3.63) is 50.4 Å². The number of nitrogens with zero attached hydrogens (tertiary/aromatic N) is 1. The van der Waals surface area contributed by atoms with Gasteiger partial charge in [0, 0.05) is 22.3 Å². The summed E-state index contributed by atoms with van der Waals surface area (Å²) in [6.45, 7) is 0. The molecule has 0 fully saturated rings. The smallest absolute Gasteiger partial charge is 0.226 e. The van der Waals surface area contributed by atoms with Gasteiger partial charge >= 0.3 is 0 Å². The zero-order valence-electron chi connectivity index (χ0n) is 8.15. The van der Waals surface area contributed by atoms with Crippen LogP contribution in [-0.4, -0.2) is 4.98 Å². The molecule has 0 atom stereocenters. The molecule has 88 valence electrons. The van der Waals surface area contributed by atoms with E-state index in [0.717, 1.165) is 0 Å². The molecule has 0 saturated heterocycles. The maximum absolute atomic E-state index is 12.9. The van der Waals surface area contributed by atoms with Gasteiger partial charge in [0.1, 0.15) is 0 Å². The first-order chi connectivity index (χ1) is 7.99. The van der Waals surface area contributed by atoms with Crippen molar-refractivity contribution in [1.82, 2.24) is 4.98 Å². The van der Waals surface area contributed by atoms with Crippen molar-refractivity contribution in [3.63, 3.8) is 0 Å². The number of hydrogen-bond donors (Lipinski definition) is 0. The Balaban J connectivity index is 2.64. The molecule has 0 bridgehead atoms. The zero-order valence-corrected chi connectivity index (χ0v) is 11.2. The summed E-state index contributed by atoms with van der Waals surface area (Å²) in [5.74, 6) is -0.736. The van der Waals surface area contributed by atoms with E-state index in [1.165, 1.54) is 18.3 Å². The minimum Gasteiger partial charge on any atom is -0.226 e. The highest BCUT2D eigenvalue weighted by atomic mass is 35.5. The summed E-state index contributed by atoms with van der Waals surface area (Å²) < 4.78 is 12.9. The van der Waals surface area contributed by atoms with Gasteiger partial charge in [-0.3, -0.25) is 0 Å². The van der Waals surface area contributed by atoms with Gasteiger partial charge in [0.15, 0.2) is 0 Å². The molecular weight excluding hydrogens is 307 g/mol. The predicted octanol–water partition coefficient (Wildman–Crippen LogP) is 5.50. The van der Waals surface area contributed by atoms with Crippen molar-refractivity contribution in [2.24, 2.45) is 0 Å². The van der Waals surface area contributed by atoms with Crippen LogP contribution in [-0.2, 0) is 0 Å². The van der Waals surface area contributed by atoms with Gasteiger partial charge in [-0.25, -0.2) is 4.98 Å². The fourth-order valence-corrected chi connectivity index (χ4v) is 2.21. The molecule has 1 aromatic carbocycles. The standard InChI is InChI=1S/C11H4Cl4FN/c12-6-2-7(10(15)8(13)3-6)5-1-9(14)11(16)17-4-5/h1-4H. The molecular formula is C11H4Cl4FN. The van der Waals surface area contributed by atoms with Gasteiger partial charge in [-0.2, -0.15) is 4.39 Å². The molecule has 0 unspecified atom stereocenters. The highest BCUT2D eigenvalue weighted by Gasteiger charge is 2.11. The number of pyridine rings is 1. The zero-order chi connectivity index (χ0) is 12.6. The molecule has 2 aromatic rings. The van der Waals surface area contributed by atoms with Crippen molar-refractivity contribution in [3.8, 4) is 11.1 Å². The largest absolute Gasteiger partial charge is 0.231 e. The van der Waals surface area contributed by atoms with E-state index in [0.29, 0.717) is 26.2 Å². The van der Waals surface area contributed by atoms with Crippen LogP contribution in [0.5, 0.6) is 0 Å². The number of halogens is 5. The van der Waals surface area contributed by atoms with Gasteiger partial charge in [0.05, 0.1) is 15.1 Å². The van der Waals surface area contributed by atoms with E-state index in [4.69, 9.17) is 46.4 Å². The highest BCUT2D eigenvalue weighted by Crippen LogP contribution is 2.37. The van der Waals surface area contributed by atoms with Crippen LogP contribution in [0.15, 0.2) is 24.4 Å². The average Bonchev–Trinajstić information content (AvgIpc) is 2.27. The number of hydrogen-bond acceptors (Lipinski definition) is 1. The summed E-state index contributed by atoms with van der Waals surface area (Å²) in [5, 5.41) is 0.972. The van der Waals surface area contributed by atoms with Crippen LogP contribution >= 0.6 is 46.4 Å².